The molecule has 1 saturated carbocycles. The fourth-order valence-corrected chi connectivity index (χ4v) is 5.32. The van der Waals surface area contributed by atoms with E-state index in [0.717, 1.165) is 51.4 Å². The van der Waals surface area contributed by atoms with Crippen LogP contribution in [0.1, 0.15) is 61.7 Å². The molecule has 1 aliphatic carbocycles. The summed E-state index contributed by atoms with van der Waals surface area (Å²) in [5, 5.41) is 3.02. The van der Waals surface area contributed by atoms with Gasteiger partial charge in [0.25, 0.3) is 5.91 Å². The normalized spacial score (nSPS) is 25.4. The molecule has 26 heavy (non-hydrogen) atoms. The van der Waals surface area contributed by atoms with Gasteiger partial charge in [-0.3, -0.25) is 4.79 Å². The molecule has 1 saturated heterocycles. The lowest BCUT2D eigenvalue weighted by molar-refractivity contribution is 0.0925. The SMILES string of the molecule is NC1CCC(NC(=O)c2cccc(S(=O)(=O)N3CCCCCC3)c2)CC1. The van der Waals surface area contributed by atoms with Crippen LogP contribution in [0.2, 0.25) is 0 Å². The average Bonchev–Trinajstić information content (AvgIpc) is 2.94. The zero-order valence-electron chi connectivity index (χ0n) is 15.2. The van der Waals surface area contributed by atoms with E-state index in [2.05, 4.69) is 5.32 Å². The molecule has 7 heteroatoms. The Bertz CT molecular complexity index is 719. The number of rotatable bonds is 4. The number of sulfonamides is 1. The zero-order valence-corrected chi connectivity index (χ0v) is 16.0. The second-order valence-electron chi connectivity index (χ2n) is 7.43. The van der Waals surface area contributed by atoms with Gasteiger partial charge >= 0.3 is 0 Å². The standard InChI is InChI=1S/C19H29N3O3S/c20-16-8-10-17(11-9-16)21-19(23)15-6-5-7-18(14-15)26(24,25)22-12-3-1-2-4-13-22/h5-7,14,16-17H,1-4,8-13,20H2,(H,21,23). The number of nitrogens with zero attached hydrogens (tertiary/aromatic N) is 1. The molecule has 1 heterocycles. The van der Waals surface area contributed by atoms with Gasteiger partial charge in [-0.25, -0.2) is 8.42 Å². The third-order valence-electron chi connectivity index (χ3n) is 5.41. The van der Waals surface area contributed by atoms with Gasteiger partial charge in [-0.05, 0) is 56.7 Å². The Labute approximate surface area is 156 Å². The van der Waals surface area contributed by atoms with Gasteiger partial charge < -0.3 is 11.1 Å². The molecule has 0 unspecified atom stereocenters. The highest BCUT2D eigenvalue weighted by atomic mass is 32.2. The monoisotopic (exact) mass is 379 g/mol. The summed E-state index contributed by atoms with van der Waals surface area (Å²) in [5.41, 5.74) is 6.30. The molecule has 0 spiro atoms. The predicted molar refractivity (Wildman–Crippen MR) is 101 cm³/mol. The summed E-state index contributed by atoms with van der Waals surface area (Å²) < 4.78 is 27.4. The highest BCUT2D eigenvalue weighted by molar-refractivity contribution is 7.89. The molecule has 6 nitrogen and oxygen atoms in total. The van der Waals surface area contributed by atoms with E-state index in [9.17, 15) is 13.2 Å². The first-order chi connectivity index (χ1) is 12.5. The smallest absolute Gasteiger partial charge is 0.251 e. The van der Waals surface area contributed by atoms with Crippen LogP contribution in [0.4, 0.5) is 0 Å². The molecule has 3 N–H and O–H groups in total. The zero-order chi connectivity index (χ0) is 18.6. The summed E-state index contributed by atoms with van der Waals surface area (Å²) in [7, 11) is -3.54. The van der Waals surface area contributed by atoms with Crippen LogP contribution in [-0.4, -0.2) is 43.8 Å². The van der Waals surface area contributed by atoms with Gasteiger partial charge in [0.15, 0.2) is 0 Å². The molecule has 144 valence electrons. The van der Waals surface area contributed by atoms with Crippen molar-refractivity contribution in [3.05, 3.63) is 29.8 Å². The number of nitrogens with two attached hydrogens (primary N) is 1. The molecule has 1 aromatic rings. The van der Waals surface area contributed by atoms with Crippen molar-refractivity contribution in [1.82, 2.24) is 9.62 Å². The average molecular weight is 380 g/mol. The van der Waals surface area contributed by atoms with E-state index in [0.29, 0.717) is 18.7 Å². The number of carbonyl (C=O) groups is 1. The lowest BCUT2D eigenvalue weighted by atomic mass is 9.91. The molecule has 1 amide bonds. The molecule has 0 atom stereocenters. The minimum atomic E-state index is -3.54. The lowest BCUT2D eigenvalue weighted by Gasteiger charge is -2.27. The first-order valence-corrected chi connectivity index (χ1v) is 11.1. The Morgan fingerprint density at radius 1 is 1.04 bits per heavy atom. The molecule has 1 aromatic carbocycles. The van der Waals surface area contributed by atoms with Gasteiger partial charge in [0, 0.05) is 30.7 Å². The van der Waals surface area contributed by atoms with Crippen LogP contribution in [0.3, 0.4) is 0 Å². The summed E-state index contributed by atoms with van der Waals surface area (Å²) >= 11 is 0. The van der Waals surface area contributed by atoms with Gasteiger partial charge in [-0.1, -0.05) is 18.9 Å². The Kier molecular flexibility index (Phi) is 6.32. The second kappa shape index (κ2) is 8.50. The van der Waals surface area contributed by atoms with Crippen molar-refractivity contribution < 1.29 is 13.2 Å². The third-order valence-corrected chi connectivity index (χ3v) is 7.30. The summed E-state index contributed by atoms with van der Waals surface area (Å²) in [5.74, 6) is -0.210. The minimum Gasteiger partial charge on any atom is -0.349 e. The van der Waals surface area contributed by atoms with E-state index in [1.165, 1.54) is 6.07 Å². The molecule has 0 radical (unpaired) electrons. The van der Waals surface area contributed by atoms with Crippen LogP contribution >= 0.6 is 0 Å². The van der Waals surface area contributed by atoms with Crippen molar-refractivity contribution in [3.8, 4) is 0 Å². The topological polar surface area (TPSA) is 92.5 Å². The van der Waals surface area contributed by atoms with Crippen molar-refractivity contribution in [2.45, 2.75) is 68.3 Å². The molecule has 3 rings (SSSR count). The first kappa shape index (κ1) is 19.3. The number of amides is 1. The quantitative estimate of drug-likeness (QED) is 0.839. The Morgan fingerprint density at radius 3 is 2.35 bits per heavy atom. The fraction of sp³-hybridized carbons (Fsp3) is 0.632. The van der Waals surface area contributed by atoms with Gasteiger partial charge in [0.2, 0.25) is 10.0 Å². The van der Waals surface area contributed by atoms with E-state index in [1.807, 2.05) is 0 Å². The maximum Gasteiger partial charge on any atom is 0.251 e. The summed E-state index contributed by atoms with van der Waals surface area (Å²) in [6, 6.07) is 6.75. The summed E-state index contributed by atoms with van der Waals surface area (Å²) in [6.07, 6.45) is 7.49. The van der Waals surface area contributed by atoms with Gasteiger partial charge in [-0.15, -0.1) is 0 Å². The predicted octanol–water partition coefficient (Wildman–Crippen LogP) is 2.25. The Balaban J connectivity index is 1.71. The van der Waals surface area contributed by atoms with Crippen LogP contribution < -0.4 is 11.1 Å². The highest BCUT2D eigenvalue weighted by Gasteiger charge is 2.26. The number of benzene rings is 1. The van der Waals surface area contributed by atoms with Crippen molar-refractivity contribution >= 4 is 15.9 Å². The molecule has 0 aromatic heterocycles. The molecule has 2 fully saturated rings. The van der Waals surface area contributed by atoms with Crippen LogP contribution in [0.25, 0.3) is 0 Å². The van der Waals surface area contributed by atoms with Crippen molar-refractivity contribution in [3.63, 3.8) is 0 Å². The van der Waals surface area contributed by atoms with Gasteiger partial charge in [-0.2, -0.15) is 4.31 Å². The van der Waals surface area contributed by atoms with Gasteiger partial charge in [0.05, 0.1) is 4.90 Å². The molecule has 2 aliphatic rings. The van der Waals surface area contributed by atoms with E-state index in [1.54, 1.807) is 22.5 Å². The van der Waals surface area contributed by atoms with E-state index < -0.39 is 10.0 Å². The first-order valence-electron chi connectivity index (χ1n) is 9.63. The van der Waals surface area contributed by atoms with Crippen LogP contribution in [0.15, 0.2) is 29.2 Å². The minimum absolute atomic E-state index is 0.119. The summed E-state index contributed by atoms with van der Waals surface area (Å²) in [6.45, 7) is 1.11. The number of carbonyl (C=O) groups excluding carboxylic acids is 1. The second-order valence-corrected chi connectivity index (χ2v) is 9.37. The maximum atomic E-state index is 12.9. The van der Waals surface area contributed by atoms with Crippen LogP contribution in [-0.2, 0) is 10.0 Å². The summed E-state index contributed by atoms with van der Waals surface area (Å²) in [4.78, 5) is 12.8. The van der Waals surface area contributed by atoms with Crippen molar-refractivity contribution in [2.24, 2.45) is 5.73 Å². The Morgan fingerprint density at radius 2 is 1.69 bits per heavy atom. The maximum absolute atomic E-state index is 12.9. The van der Waals surface area contributed by atoms with Crippen molar-refractivity contribution in [1.29, 1.82) is 0 Å². The molecule has 0 bridgehead atoms. The number of nitrogens with one attached hydrogen (secondary N) is 1. The number of hydrogen-bond donors (Lipinski definition) is 2. The highest BCUT2D eigenvalue weighted by Crippen LogP contribution is 2.22. The van der Waals surface area contributed by atoms with E-state index in [-0.39, 0.29) is 22.9 Å². The largest absolute Gasteiger partial charge is 0.349 e. The molecule has 1 aliphatic heterocycles. The third kappa shape index (κ3) is 4.64. The fourth-order valence-electron chi connectivity index (χ4n) is 3.76. The molecular formula is C19H29N3O3S. The molecular weight excluding hydrogens is 350 g/mol. The van der Waals surface area contributed by atoms with E-state index in [4.69, 9.17) is 5.73 Å². The van der Waals surface area contributed by atoms with Crippen LogP contribution in [0, 0.1) is 0 Å². The van der Waals surface area contributed by atoms with Crippen molar-refractivity contribution in [2.75, 3.05) is 13.1 Å². The van der Waals surface area contributed by atoms with Crippen LogP contribution in [0.5, 0.6) is 0 Å². The Hall–Kier alpha value is -1.44. The number of hydrogen-bond acceptors (Lipinski definition) is 4. The lowest BCUT2D eigenvalue weighted by Crippen LogP contribution is -2.40. The van der Waals surface area contributed by atoms with Gasteiger partial charge in [0.1, 0.15) is 0 Å². The van der Waals surface area contributed by atoms with E-state index >= 15 is 0 Å².